The highest BCUT2D eigenvalue weighted by molar-refractivity contribution is 6.19. The fourth-order valence-corrected chi connectivity index (χ4v) is 1.46. The summed E-state index contributed by atoms with van der Waals surface area (Å²) < 4.78 is 0. The largest absolute Gasteiger partial charge is 0.343 e. The van der Waals surface area contributed by atoms with Gasteiger partial charge in [-0.3, -0.25) is 5.41 Å². The minimum absolute atomic E-state index is 0.270. The van der Waals surface area contributed by atoms with Crippen LogP contribution in [0.25, 0.3) is 11.2 Å². The van der Waals surface area contributed by atoms with Crippen LogP contribution in [0.1, 0.15) is 11.1 Å². The first-order valence-corrected chi connectivity index (χ1v) is 3.81. The number of H-pyrrole nitrogens is 1. The molecule has 2 aromatic rings. The number of nitrogens with zero attached hydrogens (tertiary/aromatic N) is 3. The van der Waals surface area contributed by atoms with E-state index in [4.69, 9.17) is 5.41 Å². The summed E-state index contributed by atoms with van der Waals surface area (Å²) in [6.45, 7) is 0. The van der Waals surface area contributed by atoms with E-state index >= 15 is 0 Å². The molecule has 0 saturated carbocycles. The number of pyridine rings is 1. The lowest BCUT2D eigenvalue weighted by Crippen LogP contribution is -1.95. The van der Waals surface area contributed by atoms with Gasteiger partial charge in [-0.25, -0.2) is 15.0 Å². The van der Waals surface area contributed by atoms with E-state index in [1.54, 1.807) is 18.7 Å². The molecule has 1 aliphatic heterocycles. The number of rotatable bonds is 0. The van der Waals surface area contributed by atoms with Gasteiger partial charge in [0, 0.05) is 18.0 Å². The van der Waals surface area contributed by atoms with Crippen LogP contribution in [0.15, 0.2) is 17.5 Å². The summed E-state index contributed by atoms with van der Waals surface area (Å²) in [5, 5.41) is 7.58. The third kappa shape index (κ3) is 0.703. The average Bonchev–Trinajstić information content (AvgIpc) is 2.70. The SMILES string of the molecule is N=C1N=Cc2cnc3nc[nH]c3c21. The van der Waals surface area contributed by atoms with Crippen LogP contribution in [0.2, 0.25) is 0 Å². The summed E-state index contributed by atoms with van der Waals surface area (Å²) in [5.41, 5.74) is 3.10. The van der Waals surface area contributed by atoms with Gasteiger partial charge in [-0.1, -0.05) is 0 Å². The molecule has 62 valence electrons. The molecule has 1 aliphatic rings. The van der Waals surface area contributed by atoms with Gasteiger partial charge in [-0.2, -0.15) is 0 Å². The summed E-state index contributed by atoms with van der Waals surface area (Å²) in [7, 11) is 0. The monoisotopic (exact) mass is 171 g/mol. The van der Waals surface area contributed by atoms with E-state index in [9.17, 15) is 0 Å². The molecule has 0 aromatic carbocycles. The van der Waals surface area contributed by atoms with Gasteiger partial charge in [0.2, 0.25) is 0 Å². The molecule has 0 bridgehead atoms. The van der Waals surface area contributed by atoms with Crippen LogP contribution < -0.4 is 0 Å². The fraction of sp³-hybridized carbons (Fsp3) is 0. The molecule has 3 rings (SSSR count). The molecular weight excluding hydrogens is 166 g/mol. The van der Waals surface area contributed by atoms with Gasteiger partial charge in [0.1, 0.15) is 0 Å². The van der Waals surface area contributed by atoms with Crippen molar-refractivity contribution in [2.75, 3.05) is 0 Å². The van der Waals surface area contributed by atoms with Crippen molar-refractivity contribution in [3.8, 4) is 0 Å². The Morgan fingerprint density at radius 3 is 3.15 bits per heavy atom. The zero-order chi connectivity index (χ0) is 8.84. The van der Waals surface area contributed by atoms with Crippen molar-refractivity contribution in [3.63, 3.8) is 0 Å². The van der Waals surface area contributed by atoms with Gasteiger partial charge in [0.05, 0.1) is 17.4 Å². The van der Waals surface area contributed by atoms with Crippen LogP contribution in [-0.4, -0.2) is 27.0 Å². The summed E-state index contributed by atoms with van der Waals surface area (Å²) in [5.74, 6) is 0.270. The zero-order valence-corrected chi connectivity index (χ0v) is 6.57. The summed E-state index contributed by atoms with van der Waals surface area (Å²) in [6.07, 6.45) is 4.90. The molecule has 0 spiro atoms. The van der Waals surface area contributed by atoms with Crippen LogP contribution in [0.4, 0.5) is 0 Å². The summed E-state index contributed by atoms with van der Waals surface area (Å²) in [6, 6.07) is 0. The molecule has 0 atom stereocenters. The van der Waals surface area contributed by atoms with Crippen molar-refractivity contribution >= 4 is 23.2 Å². The van der Waals surface area contributed by atoms with Crippen LogP contribution in [-0.2, 0) is 0 Å². The minimum Gasteiger partial charge on any atom is -0.343 e. The van der Waals surface area contributed by atoms with Gasteiger partial charge < -0.3 is 4.98 Å². The van der Waals surface area contributed by atoms with Crippen molar-refractivity contribution in [1.82, 2.24) is 15.0 Å². The van der Waals surface area contributed by atoms with Crippen LogP contribution >= 0.6 is 0 Å². The lowest BCUT2D eigenvalue weighted by atomic mass is 10.1. The number of aromatic amines is 1. The predicted octanol–water partition coefficient (Wildman–Crippen LogP) is 0.716. The molecule has 0 unspecified atom stereocenters. The molecule has 5 nitrogen and oxygen atoms in total. The van der Waals surface area contributed by atoms with E-state index in [1.807, 2.05) is 0 Å². The van der Waals surface area contributed by atoms with E-state index in [2.05, 4.69) is 19.9 Å². The van der Waals surface area contributed by atoms with Crippen LogP contribution in [0.3, 0.4) is 0 Å². The van der Waals surface area contributed by atoms with Crippen molar-refractivity contribution in [1.29, 1.82) is 5.41 Å². The zero-order valence-electron chi connectivity index (χ0n) is 6.57. The van der Waals surface area contributed by atoms with E-state index in [1.165, 1.54) is 0 Å². The van der Waals surface area contributed by atoms with E-state index in [0.29, 0.717) is 5.65 Å². The van der Waals surface area contributed by atoms with Gasteiger partial charge in [-0.15, -0.1) is 0 Å². The average molecular weight is 171 g/mol. The Labute approximate surface area is 73.1 Å². The third-order valence-electron chi connectivity index (χ3n) is 2.05. The first-order chi connectivity index (χ1) is 6.36. The molecule has 2 aromatic heterocycles. The molecule has 0 saturated heterocycles. The van der Waals surface area contributed by atoms with E-state index < -0.39 is 0 Å². The van der Waals surface area contributed by atoms with Crippen LogP contribution in [0.5, 0.6) is 0 Å². The minimum atomic E-state index is 0.270. The summed E-state index contributed by atoms with van der Waals surface area (Å²) in [4.78, 5) is 15.0. The van der Waals surface area contributed by atoms with Gasteiger partial charge in [-0.05, 0) is 0 Å². The second kappa shape index (κ2) is 2.01. The number of amidine groups is 1. The molecule has 5 heteroatoms. The molecule has 0 fully saturated rings. The lowest BCUT2D eigenvalue weighted by molar-refractivity contribution is 1.30. The molecule has 0 aliphatic carbocycles. The Kier molecular flexibility index (Phi) is 0.999. The highest BCUT2D eigenvalue weighted by Gasteiger charge is 2.17. The van der Waals surface area contributed by atoms with Gasteiger partial charge in [0.25, 0.3) is 0 Å². The number of hydrogen-bond acceptors (Lipinski definition) is 3. The van der Waals surface area contributed by atoms with Crippen molar-refractivity contribution in [2.24, 2.45) is 4.99 Å². The number of hydrogen-bond donors (Lipinski definition) is 2. The smallest absolute Gasteiger partial charge is 0.178 e. The highest BCUT2D eigenvalue weighted by Crippen LogP contribution is 2.20. The number of aliphatic imine (C=N–C) groups is 1. The van der Waals surface area contributed by atoms with Crippen molar-refractivity contribution in [3.05, 3.63) is 23.7 Å². The Hall–Kier alpha value is -2.04. The first kappa shape index (κ1) is 6.47. The molecule has 0 amide bonds. The summed E-state index contributed by atoms with van der Waals surface area (Å²) >= 11 is 0. The highest BCUT2D eigenvalue weighted by atomic mass is 15.0. The number of nitrogens with one attached hydrogen (secondary N) is 2. The number of imidazole rings is 1. The third-order valence-corrected chi connectivity index (χ3v) is 2.05. The van der Waals surface area contributed by atoms with Crippen LogP contribution in [0, 0.1) is 5.41 Å². The van der Waals surface area contributed by atoms with Gasteiger partial charge in [0.15, 0.2) is 11.5 Å². The maximum atomic E-state index is 7.58. The van der Waals surface area contributed by atoms with E-state index in [-0.39, 0.29) is 5.84 Å². The number of fused-ring (bicyclic) bond motifs is 3. The second-order valence-electron chi connectivity index (χ2n) is 2.80. The Morgan fingerprint density at radius 2 is 2.23 bits per heavy atom. The normalized spacial score (nSPS) is 14.0. The molecule has 13 heavy (non-hydrogen) atoms. The lowest BCUT2D eigenvalue weighted by Gasteiger charge is -1.96. The second-order valence-corrected chi connectivity index (χ2v) is 2.80. The Morgan fingerprint density at radius 1 is 1.31 bits per heavy atom. The maximum absolute atomic E-state index is 7.58. The Balaban J connectivity index is 2.53. The van der Waals surface area contributed by atoms with E-state index in [0.717, 1.165) is 16.6 Å². The molecule has 0 radical (unpaired) electrons. The Bertz CT molecular complexity index is 536. The molecule has 3 heterocycles. The molecule has 2 N–H and O–H groups in total. The molecular formula is C8H5N5. The topological polar surface area (TPSA) is 77.8 Å². The maximum Gasteiger partial charge on any atom is 0.178 e. The fourth-order valence-electron chi connectivity index (χ4n) is 1.46. The first-order valence-electron chi connectivity index (χ1n) is 3.81. The van der Waals surface area contributed by atoms with Crippen molar-refractivity contribution in [2.45, 2.75) is 0 Å². The quantitative estimate of drug-likeness (QED) is 0.612. The number of aromatic nitrogens is 3. The standard InChI is InChI=1S/C8H5N5/c9-7-5-4(1-10-7)2-11-8-6(5)12-3-13-8/h1-3,9H,(H,11,12,13). The van der Waals surface area contributed by atoms with Gasteiger partial charge >= 0.3 is 0 Å². The predicted molar refractivity (Wildman–Crippen MR) is 48.3 cm³/mol. The van der Waals surface area contributed by atoms with Crippen molar-refractivity contribution < 1.29 is 0 Å².